The number of ether oxygens (including phenoxy) is 1. The summed E-state index contributed by atoms with van der Waals surface area (Å²) < 4.78 is 5.54. The van der Waals surface area contributed by atoms with Gasteiger partial charge in [-0.2, -0.15) is 0 Å². The lowest BCUT2D eigenvalue weighted by molar-refractivity contribution is 0.483. The topological polar surface area (TPSA) is 9.23 Å². The molecule has 0 fully saturated rings. The summed E-state index contributed by atoms with van der Waals surface area (Å²) in [5, 5.41) is 1.12. The number of halogens is 2. The highest BCUT2D eigenvalue weighted by Crippen LogP contribution is 2.31. The molecule has 3 heteroatoms. The van der Waals surface area contributed by atoms with Crippen LogP contribution in [0.25, 0.3) is 0 Å². The molecule has 2 aromatic carbocycles. The third-order valence-corrected chi connectivity index (χ3v) is 2.35. The zero-order valence-electron chi connectivity index (χ0n) is 7.71. The van der Waals surface area contributed by atoms with Crippen molar-refractivity contribution in [3.05, 3.63) is 58.6 Å². The van der Waals surface area contributed by atoms with Gasteiger partial charge in [0.05, 0.1) is 5.02 Å². The quantitative estimate of drug-likeness (QED) is 0.743. The molecule has 0 amide bonds. The zero-order chi connectivity index (χ0) is 10.7. The van der Waals surface area contributed by atoms with Crippen molar-refractivity contribution in [2.24, 2.45) is 0 Å². The van der Waals surface area contributed by atoms with Crippen LogP contribution in [0.2, 0.25) is 10.0 Å². The number of benzene rings is 2. The van der Waals surface area contributed by atoms with E-state index in [1.165, 1.54) is 0 Å². The molecule has 2 aromatic rings. The average molecular weight is 238 g/mol. The molecule has 75 valence electrons. The lowest BCUT2D eigenvalue weighted by Crippen LogP contribution is -1.84. The minimum Gasteiger partial charge on any atom is -0.456 e. The fourth-order valence-corrected chi connectivity index (χ4v) is 1.44. The van der Waals surface area contributed by atoms with Gasteiger partial charge in [-0.3, -0.25) is 0 Å². The van der Waals surface area contributed by atoms with Crippen LogP contribution < -0.4 is 4.74 Å². The maximum Gasteiger partial charge on any atom is 0.147 e. The minimum absolute atomic E-state index is 0.531. The molecule has 0 N–H and O–H groups in total. The molecule has 0 heterocycles. The van der Waals surface area contributed by atoms with Crippen molar-refractivity contribution in [1.29, 1.82) is 0 Å². The Morgan fingerprint density at radius 1 is 1.13 bits per heavy atom. The molecule has 1 radical (unpaired) electrons. The third kappa shape index (κ3) is 2.65. The van der Waals surface area contributed by atoms with E-state index in [4.69, 9.17) is 27.9 Å². The molecular formula is C12H7Cl2O. The molecule has 2 rings (SSSR count). The maximum atomic E-state index is 5.95. The Kier molecular flexibility index (Phi) is 3.14. The second-order valence-corrected chi connectivity index (χ2v) is 3.76. The SMILES string of the molecule is Clc1ccc(Cl)c(Oc2c[c]ccc2)c1. The van der Waals surface area contributed by atoms with E-state index in [-0.39, 0.29) is 0 Å². The first-order chi connectivity index (χ1) is 7.25. The van der Waals surface area contributed by atoms with Gasteiger partial charge in [-0.25, -0.2) is 0 Å². The van der Waals surface area contributed by atoms with Crippen molar-refractivity contribution in [2.75, 3.05) is 0 Å². The third-order valence-electron chi connectivity index (χ3n) is 1.80. The van der Waals surface area contributed by atoms with Crippen molar-refractivity contribution in [1.82, 2.24) is 0 Å². The van der Waals surface area contributed by atoms with E-state index in [2.05, 4.69) is 6.07 Å². The Morgan fingerprint density at radius 2 is 2.00 bits per heavy atom. The van der Waals surface area contributed by atoms with Gasteiger partial charge in [-0.1, -0.05) is 35.3 Å². The summed E-state index contributed by atoms with van der Waals surface area (Å²) in [6, 6.07) is 15.2. The molecule has 0 aromatic heterocycles. The van der Waals surface area contributed by atoms with Crippen LogP contribution in [-0.2, 0) is 0 Å². The highest BCUT2D eigenvalue weighted by molar-refractivity contribution is 6.34. The highest BCUT2D eigenvalue weighted by atomic mass is 35.5. The number of hydrogen-bond donors (Lipinski definition) is 0. The Hall–Kier alpha value is -1.18. The lowest BCUT2D eigenvalue weighted by atomic mass is 10.3. The number of rotatable bonds is 2. The van der Waals surface area contributed by atoms with Gasteiger partial charge in [0, 0.05) is 11.1 Å². The molecule has 0 aliphatic carbocycles. The molecule has 0 unspecified atom stereocenters. The van der Waals surface area contributed by atoms with Crippen molar-refractivity contribution in [3.8, 4) is 11.5 Å². The van der Waals surface area contributed by atoms with E-state index in [1.807, 2.05) is 12.1 Å². The fraction of sp³-hybridized carbons (Fsp3) is 0. The molecule has 0 atom stereocenters. The molecule has 0 saturated carbocycles. The Morgan fingerprint density at radius 3 is 2.73 bits per heavy atom. The minimum atomic E-state index is 0.531. The van der Waals surface area contributed by atoms with Crippen LogP contribution >= 0.6 is 23.2 Å². The molecular weight excluding hydrogens is 231 g/mol. The molecule has 0 spiro atoms. The lowest BCUT2D eigenvalue weighted by Gasteiger charge is -2.07. The molecule has 0 aliphatic heterocycles. The molecule has 0 aliphatic rings. The van der Waals surface area contributed by atoms with Crippen molar-refractivity contribution in [2.45, 2.75) is 0 Å². The van der Waals surface area contributed by atoms with E-state index >= 15 is 0 Å². The average Bonchev–Trinajstić information content (AvgIpc) is 2.25. The summed E-state index contributed by atoms with van der Waals surface area (Å²) >= 11 is 11.8. The molecule has 0 bridgehead atoms. The highest BCUT2D eigenvalue weighted by Gasteiger charge is 2.03. The zero-order valence-corrected chi connectivity index (χ0v) is 9.22. The van der Waals surface area contributed by atoms with Gasteiger partial charge in [0.15, 0.2) is 0 Å². The van der Waals surface area contributed by atoms with Crippen LogP contribution in [0, 0.1) is 6.07 Å². The summed E-state index contributed by atoms with van der Waals surface area (Å²) in [5.41, 5.74) is 0. The maximum absolute atomic E-state index is 5.95. The van der Waals surface area contributed by atoms with E-state index in [0.717, 1.165) is 0 Å². The van der Waals surface area contributed by atoms with Gasteiger partial charge >= 0.3 is 0 Å². The van der Waals surface area contributed by atoms with Gasteiger partial charge in [-0.15, -0.1) is 0 Å². The first-order valence-electron chi connectivity index (χ1n) is 4.35. The summed E-state index contributed by atoms with van der Waals surface area (Å²) in [5.74, 6) is 1.23. The normalized spacial score (nSPS) is 10.0. The van der Waals surface area contributed by atoms with Crippen LogP contribution in [0.1, 0.15) is 0 Å². The van der Waals surface area contributed by atoms with Gasteiger partial charge < -0.3 is 4.74 Å². The first-order valence-corrected chi connectivity index (χ1v) is 5.10. The second kappa shape index (κ2) is 4.56. The van der Waals surface area contributed by atoms with Gasteiger partial charge in [-0.05, 0) is 30.3 Å². The Bertz CT molecular complexity index is 454. The van der Waals surface area contributed by atoms with Crippen molar-refractivity contribution >= 4 is 23.2 Å². The Balaban J connectivity index is 2.28. The molecule has 0 saturated heterocycles. The van der Waals surface area contributed by atoms with Crippen LogP contribution in [-0.4, -0.2) is 0 Å². The fourth-order valence-electron chi connectivity index (χ4n) is 1.12. The first kappa shape index (κ1) is 10.3. The van der Waals surface area contributed by atoms with E-state index in [0.29, 0.717) is 21.5 Å². The van der Waals surface area contributed by atoms with Gasteiger partial charge in [0.2, 0.25) is 0 Å². The predicted octanol–water partition coefficient (Wildman–Crippen LogP) is 4.59. The van der Waals surface area contributed by atoms with E-state index in [9.17, 15) is 0 Å². The van der Waals surface area contributed by atoms with Gasteiger partial charge in [0.1, 0.15) is 11.5 Å². The van der Waals surface area contributed by atoms with Gasteiger partial charge in [0.25, 0.3) is 0 Å². The van der Waals surface area contributed by atoms with Crippen LogP contribution in [0.15, 0.2) is 42.5 Å². The van der Waals surface area contributed by atoms with Crippen LogP contribution in [0.4, 0.5) is 0 Å². The smallest absolute Gasteiger partial charge is 0.147 e. The summed E-state index contributed by atoms with van der Waals surface area (Å²) in [4.78, 5) is 0. The summed E-state index contributed by atoms with van der Waals surface area (Å²) in [7, 11) is 0. The second-order valence-electron chi connectivity index (χ2n) is 2.92. The monoisotopic (exact) mass is 237 g/mol. The summed E-state index contributed by atoms with van der Waals surface area (Å²) in [6.45, 7) is 0. The van der Waals surface area contributed by atoms with Crippen LogP contribution in [0.3, 0.4) is 0 Å². The largest absolute Gasteiger partial charge is 0.456 e. The van der Waals surface area contributed by atoms with E-state index < -0.39 is 0 Å². The number of hydrogen-bond acceptors (Lipinski definition) is 1. The van der Waals surface area contributed by atoms with Crippen LogP contribution in [0.5, 0.6) is 11.5 Å². The Labute approximate surface area is 98.2 Å². The van der Waals surface area contributed by atoms with E-state index in [1.54, 1.807) is 30.3 Å². The van der Waals surface area contributed by atoms with Crippen molar-refractivity contribution < 1.29 is 4.74 Å². The predicted molar refractivity (Wildman–Crippen MR) is 61.8 cm³/mol. The summed E-state index contributed by atoms with van der Waals surface area (Å²) in [6.07, 6.45) is 0. The van der Waals surface area contributed by atoms with Crippen molar-refractivity contribution in [3.63, 3.8) is 0 Å². The standard InChI is InChI=1S/C12H7Cl2O/c13-9-6-7-11(14)12(8-9)15-10-4-2-1-3-5-10/h1-2,4-8H. The molecule has 1 nitrogen and oxygen atoms in total. The molecule has 15 heavy (non-hydrogen) atoms.